The van der Waals surface area contributed by atoms with E-state index in [-0.39, 0.29) is 29.5 Å². The average molecular weight is 505 g/mol. The summed E-state index contributed by atoms with van der Waals surface area (Å²) in [6.45, 7) is 3.62. The molecule has 2 aliphatic heterocycles. The number of methoxy groups -OCH3 is 1. The van der Waals surface area contributed by atoms with E-state index in [1.807, 2.05) is 25.1 Å². The van der Waals surface area contributed by atoms with Gasteiger partial charge in [0.1, 0.15) is 11.5 Å². The summed E-state index contributed by atoms with van der Waals surface area (Å²) in [5, 5.41) is 37.9. The summed E-state index contributed by atoms with van der Waals surface area (Å²) in [5.41, 5.74) is 1.13. The number of aliphatic hydroxyl groups excluding tert-OH is 1. The molecule has 1 saturated heterocycles. The van der Waals surface area contributed by atoms with Crippen molar-refractivity contribution in [1.29, 1.82) is 0 Å². The molecule has 8 nitrogen and oxygen atoms in total. The second-order valence-electron chi connectivity index (χ2n) is 11.4. The van der Waals surface area contributed by atoms with E-state index in [0.29, 0.717) is 35.9 Å². The Bertz CT molecular complexity index is 1370. The number of nitrogens with zero attached hydrogens (tertiary/aromatic N) is 1. The second kappa shape index (κ2) is 7.65. The maximum atomic E-state index is 13.7. The van der Waals surface area contributed by atoms with E-state index >= 15 is 0 Å². The predicted octanol–water partition coefficient (Wildman–Crippen LogP) is 3.33. The number of hydrogen-bond acceptors (Lipinski definition) is 7. The molecule has 8 heteroatoms. The van der Waals surface area contributed by atoms with Gasteiger partial charge in [-0.25, -0.2) is 0 Å². The van der Waals surface area contributed by atoms with Crippen molar-refractivity contribution < 1.29 is 29.6 Å². The molecule has 2 bridgehead atoms. The van der Waals surface area contributed by atoms with Crippen LogP contribution in [0, 0.1) is 12.8 Å². The van der Waals surface area contributed by atoms with Crippen molar-refractivity contribution in [2.24, 2.45) is 5.92 Å². The Morgan fingerprint density at radius 1 is 1.24 bits per heavy atom. The molecule has 3 aliphatic carbocycles. The fourth-order valence-electron chi connectivity index (χ4n) is 7.49. The number of anilines is 1. The fourth-order valence-corrected chi connectivity index (χ4v) is 7.49. The van der Waals surface area contributed by atoms with Gasteiger partial charge in [0, 0.05) is 24.6 Å². The maximum Gasteiger partial charge on any atom is 0.255 e. The van der Waals surface area contributed by atoms with Gasteiger partial charge < -0.3 is 30.1 Å². The van der Waals surface area contributed by atoms with Gasteiger partial charge in [0.25, 0.3) is 5.91 Å². The molecule has 1 amide bonds. The van der Waals surface area contributed by atoms with Crippen LogP contribution in [0.5, 0.6) is 17.2 Å². The monoisotopic (exact) mass is 504 g/mol. The zero-order valence-electron chi connectivity index (χ0n) is 21.1. The van der Waals surface area contributed by atoms with Gasteiger partial charge in [0.15, 0.2) is 17.6 Å². The van der Waals surface area contributed by atoms with Crippen LogP contribution in [0.1, 0.15) is 42.4 Å². The summed E-state index contributed by atoms with van der Waals surface area (Å²) in [7, 11) is 1.54. The number of carbonyl (C=O) groups is 1. The lowest BCUT2D eigenvalue weighted by Gasteiger charge is -2.62. The van der Waals surface area contributed by atoms with Crippen LogP contribution in [0.15, 0.2) is 41.7 Å². The van der Waals surface area contributed by atoms with Gasteiger partial charge in [0.2, 0.25) is 0 Å². The first-order valence-corrected chi connectivity index (χ1v) is 13.1. The maximum absolute atomic E-state index is 13.7. The Morgan fingerprint density at radius 2 is 2.05 bits per heavy atom. The largest absolute Gasteiger partial charge is 0.508 e. The minimum absolute atomic E-state index is 0.000965. The van der Waals surface area contributed by atoms with Crippen molar-refractivity contribution >= 4 is 11.6 Å². The van der Waals surface area contributed by atoms with E-state index in [1.165, 1.54) is 20.0 Å². The van der Waals surface area contributed by atoms with Gasteiger partial charge in [-0.2, -0.15) is 0 Å². The quantitative estimate of drug-likeness (QED) is 0.494. The first-order valence-electron chi connectivity index (χ1n) is 13.1. The summed E-state index contributed by atoms with van der Waals surface area (Å²) in [6.07, 6.45) is 2.65. The van der Waals surface area contributed by atoms with Gasteiger partial charge in [-0.05, 0) is 74.4 Å². The number of aryl methyl sites for hydroxylation is 1. The van der Waals surface area contributed by atoms with E-state index < -0.39 is 23.0 Å². The molecule has 37 heavy (non-hydrogen) atoms. The van der Waals surface area contributed by atoms with Gasteiger partial charge in [-0.1, -0.05) is 12.1 Å². The first-order chi connectivity index (χ1) is 17.8. The summed E-state index contributed by atoms with van der Waals surface area (Å²) in [5.74, 6) is 0.803. The first kappa shape index (κ1) is 22.9. The van der Waals surface area contributed by atoms with Crippen LogP contribution < -0.4 is 14.8 Å². The number of benzene rings is 2. The molecule has 2 heterocycles. The van der Waals surface area contributed by atoms with E-state index in [1.54, 1.807) is 12.1 Å². The number of nitrogens with one attached hydrogen (secondary N) is 1. The lowest BCUT2D eigenvalue weighted by Crippen LogP contribution is -2.75. The van der Waals surface area contributed by atoms with Crippen molar-refractivity contribution in [3.8, 4) is 17.2 Å². The number of phenolic OH excluding ortho intramolecular Hbond substituents is 1. The summed E-state index contributed by atoms with van der Waals surface area (Å²) in [4.78, 5) is 16.1. The number of carbonyl (C=O) groups excluding carboxylic acids is 1. The summed E-state index contributed by atoms with van der Waals surface area (Å²) < 4.78 is 11.7. The number of phenols is 1. The predicted molar refractivity (Wildman–Crippen MR) is 136 cm³/mol. The highest BCUT2D eigenvalue weighted by Crippen LogP contribution is 2.66. The number of aromatic hydroxyl groups is 1. The van der Waals surface area contributed by atoms with E-state index in [9.17, 15) is 20.1 Å². The third kappa shape index (κ3) is 3.00. The minimum atomic E-state index is -1.34. The third-order valence-corrected chi connectivity index (χ3v) is 9.39. The zero-order chi connectivity index (χ0) is 25.7. The standard InChI is InChI=1S/C29H32N2O6/c1-15-3-8-21(36-2)19(11-15)30-27(34)18-13-29(35)22-12-17-6-7-20(32)25-23(17)28(29,26(37-25)24(18)33)9-10-31(22)14-16-4-5-16/h3,6-8,11,16,22,26,32-33,35H,4-5,9-10,12-14H2,1-2H3,(H,30,34)/t22-,26+,28+,29-/m1/s1. The molecule has 0 aromatic heterocycles. The van der Waals surface area contributed by atoms with Crippen molar-refractivity contribution in [2.45, 2.75) is 62.2 Å². The van der Waals surface area contributed by atoms with Gasteiger partial charge in [0.05, 0.1) is 29.4 Å². The van der Waals surface area contributed by atoms with Gasteiger partial charge in [-0.3, -0.25) is 9.69 Å². The molecule has 1 saturated carbocycles. The second-order valence-corrected chi connectivity index (χ2v) is 11.4. The Labute approximate surface area is 215 Å². The molecule has 7 rings (SSSR count). The highest BCUT2D eigenvalue weighted by molar-refractivity contribution is 6.05. The van der Waals surface area contributed by atoms with Crippen LogP contribution >= 0.6 is 0 Å². The molecule has 4 N–H and O–H groups in total. The van der Waals surface area contributed by atoms with Gasteiger partial charge in [-0.15, -0.1) is 0 Å². The molecular formula is C29H32N2O6. The smallest absolute Gasteiger partial charge is 0.255 e. The van der Waals surface area contributed by atoms with E-state index in [0.717, 1.165) is 29.8 Å². The van der Waals surface area contributed by atoms with Crippen LogP contribution in [-0.4, -0.2) is 64.1 Å². The number of amides is 1. The molecule has 0 unspecified atom stereocenters. The Kier molecular flexibility index (Phi) is 4.74. The Hall–Kier alpha value is -3.23. The van der Waals surface area contributed by atoms with Crippen LogP contribution in [0.4, 0.5) is 5.69 Å². The third-order valence-electron chi connectivity index (χ3n) is 9.39. The molecule has 2 fully saturated rings. The van der Waals surface area contributed by atoms with Crippen molar-refractivity contribution in [3.63, 3.8) is 0 Å². The highest BCUT2D eigenvalue weighted by Gasteiger charge is 2.73. The minimum Gasteiger partial charge on any atom is -0.508 e. The van der Waals surface area contributed by atoms with Crippen LogP contribution in [0.3, 0.4) is 0 Å². The van der Waals surface area contributed by atoms with E-state index in [4.69, 9.17) is 9.47 Å². The van der Waals surface area contributed by atoms with E-state index in [2.05, 4.69) is 10.2 Å². The molecular weight excluding hydrogens is 472 g/mol. The fraction of sp³-hybridized carbons (Fsp3) is 0.483. The van der Waals surface area contributed by atoms with Crippen molar-refractivity contribution in [2.75, 3.05) is 25.5 Å². The number of piperidine rings is 1. The molecule has 2 aromatic carbocycles. The summed E-state index contributed by atoms with van der Waals surface area (Å²) in [6, 6.07) is 8.81. The molecule has 2 aromatic rings. The molecule has 194 valence electrons. The number of aliphatic hydroxyl groups is 2. The van der Waals surface area contributed by atoms with Crippen LogP contribution in [0.25, 0.3) is 0 Å². The Morgan fingerprint density at radius 3 is 2.81 bits per heavy atom. The Balaban J connectivity index is 1.35. The number of hydrogen-bond donors (Lipinski definition) is 4. The zero-order valence-corrected chi connectivity index (χ0v) is 21.1. The molecule has 4 atom stereocenters. The lowest BCUT2D eigenvalue weighted by molar-refractivity contribution is -0.172. The van der Waals surface area contributed by atoms with Crippen LogP contribution in [-0.2, 0) is 16.6 Å². The summed E-state index contributed by atoms with van der Waals surface area (Å²) >= 11 is 0. The SMILES string of the molecule is COc1ccc(C)cc1NC(=O)C1=C(O)[C@@H]2Oc3c(O)ccc4c3[C@@]23CCN(CC2CC2)[C@H](C4)[C@]3(O)C1. The van der Waals surface area contributed by atoms with Crippen molar-refractivity contribution in [3.05, 3.63) is 58.4 Å². The topological polar surface area (TPSA) is 111 Å². The van der Waals surface area contributed by atoms with Crippen molar-refractivity contribution in [1.82, 2.24) is 4.90 Å². The molecule has 1 spiro atoms. The average Bonchev–Trinajstić information content (AvgIpc) is 3.61. The normalized spacial score (nSPS) is 31.5. The lowest BCUT2D eigenvalue weighted by atomic mass is 9.49. The number of ether oxygens (including phenoxy) is 2. The molecule has 0 radical (unpaired) electrons. The number of rotatable bonds is 5. The molecule has 5 aliphatic rings. The van der Waals surface area contributed by atoms with Gasteiger partial charge >= 0.3 is 0 Å². The number of likely N-dealkylation sites (tertiary alicyclic amines) is 1. The highest BCUT2D eigenvalue weighted by atomic mass is 16.5. The van der Waals surface area contributed by atoms with Crippen LogP contribution in [0.2, 0.25) is 0 Å².